The number of anilines is 3. The van der Waals surface area contributed by atoms with Gasteiger partial charge in [0.25, 0.3) is 0 Å². The van der Waals surface area contributed by atoms with Crippen molar-refractivity contribution in [2.24, 2.45) is 0 Å². The third kappa shape index (κ3) is 4.41. The van der Waals surface area contributed by atoms with E-state index in [1.54, 1.807) is 16.6 Å². The molecule has 6 heteroatoms. The van der Waals surface area contributed by atoms with Gasteiger partial charge in [-0.15, -0.1) is 11.3 Å². The van der Waals surface area contributed by atoms with Crippen LogP contribution in [0.25, 0.3) is 26.9 Å². The molecule has 2 aromatic heterocycles. The Kier molecular flexibility index (Phi) is 6.03. The number of fused-ring (bicyclic) bond motifs is 4. The molecule has 0 aliphatic carbocycles. The van der Waals surface area contributed by atoms with Crippen molar-refractivity contribution in [1.82, 2.24) is 9.55 Å². The first-order valence-corrected chi connectivity index (χ1v) is 15.7. The fraction of sp³-hybridized carbons (Fsp3) is 0.108. The molecule has 0 atom stereocenters. The number of benzene rings is 5. The van der Waals surface area contributed by atoms with Gasteiger partial charge in [-0.25, -0.2) is 4.98 Å². The molecule has 1 aliphatic rings. The lowest BCUT2D eigenvalue weighted by Crippen LogP contribution is -2.52. The summed E-state index contributed by atoms with van der Waals surface area (Å²) in [6, 6.07) is 43.4. The van der Waals surface area contributed by atoms with Gasteiger partial charge in [-0.2, -0.15) is 0 Å². The summed E-state index contributed by atoms with van der Waals surface area (Å²) in [5, 5.41) is 5.03. The van der Waals surface area contributed by atoms with Crippen LogP contribution in [-0.2, 0) is 0 Å². The molecule has 208 valence electrons. The molecule has 4 nitrogen and oxygen atoms in total. The predicted molar refractivity (Wildman–Crippen MR) is 185 cm³/mol. The van der Waals surface area contributed by atoms with Gasteiger partial charge in [0.05, 0.1) is 29.1 Å². The highest BCUT2D eigenvalue weighted by atomic mass is 32.1. The molecule has 8 rings (SSSR count). The fourth-order valence-electron chi connectivity index (χ4n) is 6.39. The molecule has 1 N–H and O–H groups in total. The Labute approximate surface area is 257 Å². The van der Waals surface area contributed by atoms with E-state index < -0.39 is 0 Å². The van der Waals surface area contributed by atoms with Crippen molar-refractivity contribution in [3.8, 4) is 5.13 Å². The third-order valence-electron chi connectivity index (χ3n) is 8.51. The van der Waals surface area contributed by atoms with Crippen molar-refractivity contribution in [3.05, 3.63) is 132 Å². The van der Waals surface area contributed by atoms with Crippen LogP contribution in [0.2, 0.25) is 1.41 Å². The summed E-state index contributed by atoms with van der Waals surface area (Å²) in [7, 11) is 0. The summed E-state index contributed by atoms with van der Waals surface area (Å²) in [6.07, 6.45) is 2.03. The number of thiazole rings is 1. The van der Waals surface area contributed by atoms with Crippen molar-refractivity contribution in [2.75, 3.05) is 16.9 Å². The second-order valence-corrected chi connectivity index (χ2v) is 12.5. The Morgan fingerprint density at radius 3 is 2.37 bits per heavy atom. The lowest BCUT2D eigenvalue weighted by molar-refractivity contribution is 0.885. The van der Waals surface area contributed by atoms with Crippen LogP contribution in [0.5, 0.6) is 0 Å². The molecule has 0 unspecified atom stereocenters. The van der Waals surface area contributed by atoms with Crippen LogP contribution in [0, 0.1) is 0 Å². The van der Waals surface area contributed by atoms with Gasteiger partial charge in [0, 0.05) is 27.5 Å². The molecule has 5 aromatic carbocycles. The highest BCUT2D eigenvalue weighted by molar-refractivity contribution is 7.14. The first-order chi connectivity index (χ1) is 21.6. The maximum absolute atomic E-state index is 8.52. The average Bonchev–Trinajstić information content (AvgIpc) is 3.76. The zero-order chi connectivity index (χ0) is 29.8. The molecule has 0 spiro atoms. The monoisotopic (exact) mass is 575 g/mol. The molecule has 1 aliphatic heterocycles. The van der Waals surface area contributed by atoms with Crippen LogP contribution >= 0.6 is 11.3 Å². The number of rotatable bonds is 6. The standard InChI is InChI=1S/C37H31BN4S/c1-25(2)36-23-39-37(43-36)42-33-17-8-6-15-30(33)31-20-19-28(22-35(31)42)38(26-11-4-3-5-12-26)27-13-10-14-29(21-27)41-24-40-32-16-7-9-18-34(32)41/h3-23,25,40H,24H2,1-2H3/i/hD. The lowest BCUT2D eigenvalue weighted by Gasteiger charge is -2.21. The highest BCUT2D eigenvalue weighted by Gasteiger charge is 2.26. The maximum atomic E-state index is 8.52. The van der Waals surface area contributed by atoms with E-state index in [9.17, 15) is 0 Å². The van der Waals surface area contributed by atoms with Gasteiger partial charge in [-0.05, 0) is 42.3 Å². The normalized spacial score (nSPS) is 13.2. The van der Waals surface area contributed by atoms with Gasteiger partial charge in [-0.1, -0.05) is 115 Å². The molecule has 0 saturated heterocycles. The summed E-state index contributed by atoms with van der Waals surface area (Å²) in [5.74, 6) is 0.435. The number of aromatic nitrogens is 2. The van der Waals surface area contributed by atoms with Gasteiger partial charge < -0.3 is 10.2 Å². The summed E-state index contributed by atoms with van der Waals surface area (Å²) in [5.41, 5.74) is 9.11. The Morgan fingerprint density at radius 2 is 1.51 bits per heavy atom. The van der Waals surface area contributed by atoms with Crippen LogP contribution in [0.15, 0.2) is 128 Å². The van der Waals surface area contributed by atoms with Gasteiger partial charge >= 0.3 is 0 Å². The average molecular weight is 576 g/mol. The first-order valence-electron chi connectivity index (χ1n) is 15.3. The number of para-hydroxylation sites is 3. The Hall–Kier alpha value is -4.81. The molecular weight excluding hydrogens is 543 g/mol. The van der Waals surface area contributed by atoms with E-state index in [0.717, 1.165) is 22.2 Å². The fourth-order valence-corrected chi connectivity index (χ4v) is 7.33. The summed E-state index contributed by atoms with van der Waals surface area (Å²) < 4.78 is 10.9. The van der Waals surface area contributed by atoms with Crippen molar-refractivity contribution in [3.63, 3.8) is 0 Å². The summed E-state index contributed by atoms with van der Waals surface area (Å²) in [6.45, 7) is 4.97. The SMILES string of the molecule is [2H]N1CN(c2cccc(B(c3ccccc3)c3ccc4c5ccccc5n(-c5ncc(C(C)C)s5)c4c3)c2)c2ccccc21. The molecule has 3 heterocycles. The van der Waals surface area contributed by atoms with Crippen LogP contribution < -0.4 is 26.6 Å². The topological polar surface area (TPSA) is 33.1 Å². The first kappa shape index (κ1) is 24.8. The lowest BCUT2D eigenvalue weighted by atomic mass is 9.37. The smallest absolute Gasteiger partial charge is 0.241 e. The third-order valence-corrected chi connectivity index (χ3v) is 9.79. The van der Waals surface area contributed by atoms with Gasteiger partial charge in [0.1, 0.15) is 0 Å². The Morgan fingerprint density at radius 1 is 0.767 bits per heavy atom. The van der Waals surface area contributed by atoms with Crippen molar-refractivity contribution in [1.29, 1.82) is 0 Å². The zero-order valence-corrected chi connectivity index (χ0v) is 25.0. The minimum absolute atomic E-state index is 0.0273. The second kappa shape index (κ2) is 10.5. The number of nitrogens with zero attached hydrogens (tertiary/aromatic N) is 3. The molecule has 7 aromatic rings. The van der Waals surface area contributed by atoms with E-state index in [1.807, 2.05) is 24.4 Å². The molecule has 0 saturated carbocycles. The van der Waals surface area contributed by atoms with E-state index in [0.29, 0.717) is 12.6 Å². The molecule has 43 heavy (non-hydrogen) atoms. The zero-order valence-electron chi connectivity index (χ0n) is 25.2. The minimum atomic E-state index is 0.0273. The second-order valence-electron chi connectivity index (χ2n) is 11.5. The van der Waals surface area contributed by atoms with Gasteiger partial charge in [-0.3, -0.25) is 4.57 Å². The van der Waals surface area contributed by atoms with Crippen LogP contribution in [0.4, 0.5) is 17.1 Å². The van der Waals surface area contributed by atoms with Crippen molar-refractivity contribution in [2.45, 2.75) is 19.8 Å². The number of nitrogens with one attached hydrogen (secondary N) is 1. The molecule has 0 radical (unpaired) electrons. The number of hydrogen-bond donors (Lipinski definition) is 1. The maximum Gasteiger partial charge on any atom is 0.241 e. The Bertz CT molecular complexity index is 2140. The molecular formula is C37H31BN4S. The van der Waals surface area contributed by atoms with E-state index in [4.69, 9.17) is 6.40 Å². The van der Waals surface area contributed by atoms with Gasteiger partial charge in [0.15, 0.2) is 6.54 Å². The van der Waals surface area contributed by atoms with Crippen LogP contribution in [-0.4, -0.2) is 22.9 Å². The van der Waals surface area contributed by atoms with E-state index >= 15 is 0 Å². The molecule has 0 bridgehead atoms. The van der Waals surface area contributed by atoms with E-state index in [1.165, 1.54) is 43.1 Å². The number of hydrogen-bond acceptors (Lipinski definition) is 4. The van der Waals surface area contributed by atoms with Crippen LogP contribution in [0.1, 0.15) is 24.6 Å². The summed E-state index contributed by atoms with van der Waals surface area (Å²) in [4.78, 5) is 8.42. The summed E-state index contributed by atoms with van der Waals surface area (Å²) >= 11 is 1.77. The van der Waals surface area contributed by atoms with Crippen molar-refractivity contribution >= 4 is 73.3 Å². The Balaban J connectivity index is 1.31. The quantitative estimate of drug-likeness (QED) is 0.210. The van der Waals surface area contributed by atoms with Crippen molar-refractivity contribution < 1.29 is 1.41 Å². The molecule has 0 amide bonds. The van der Waals surface area contributed by atoms with Gasteiger partial charge in [0.2, 0.25) is 6.71 Å². The largest absolute Gasteiger partial charge is 0.366 e. The van der Waals surface area contributed by atoms with E-state index in [-0.39, 0.29) is 6.71 Å². The molecule has 0 fully saturated rings. The van der Waals surface area contributed by atoms with E-state index in [2.05, 4.69) is 126 Å². The highest BCUT2D eigenvalue weighted by Crippen LogP contribution is 2.36. The minimum Gasteiger partial charge on any atom is -0.366 e. The predicted octanol–water partition coefficient (Wildman–Crippen LogP) is 7.40. The van der Waals surface area contributed by atoms with Crippen LogP contribution in [0.3, 0.4) is 0 Å².